The summed E-state index contributed by atoms with van der Waals surface area (Å²) >= 11 is 0. The van der Waals surface area contributed by atoms with Crippen LogP contribution in [0.3, 0.4) is 0 Å². The zero-order valence-corrected chi connectivity index (χ0v) is 15.2. The van der Waals surface area contributed by atoms with E-state index in [9.17, 15) is 5.11 Å². The number of imidazole rings is 1. The van der Waals surface area contributed by atoms with Gasteiger partial charge in [-0.3, -0.25) is 5.32 Å². The minimum absolute atomic E-state index is 0.0374. The van der Waals surface area contributed by atoms with Crippen LogP contribution in [0.2, 0.25) is 0 Å². The molecule has 2 aromatic carbocycles. The number of fused-ring (bicyclic) bond motifs is 1. The molecule has 4 heteroatoms. The zero-order chi connectivity index (χ0) is 17.8. The van der Waals surface area contributed by atoms with Crippen LogP contribution in [-0.2, 0) is 13.0 Å². The summed E-state index contributed by atoms with van der Waals surface area (Å²) in [6.07, 6.45) is 1.02. The zero-order valence-electron chi connectivity index (χ0n) is 15.2. The third-order valence-corrected chi connectivity index (χ3v) is 4.81. The first-order valence-corrected chi connectivity index (χ1v) is 9.08. The van der Waals surface area contributed by atoms with Crippen molar-refractivity contribution in [3.05, 3.63) is 65.5 Å². The molecule has 0 bridgehead atoms. The number of aliphatic hydroxyl groups excluding tert-OH is 1. The standard InChI is InChI=1S/C21H27N3O/c1-4-16-10-12-17(13-11-16)19(14-25)22-15(3)21-23-18-8-6-7-9-20(18)24(21)5-2/h6-13,15,19,22,25H,4-5,14H2,1-3H3. The molecular weight excluding hydrogens is 310 g/mol. The van der Waals surface area contributed by atoms with E-state index >= 15 is 0 Å². The Bertz CT molecular complexity index is 823. The molecule has 2 atom stereocenters. The van der Waals surface area contributed by atoms with Gasteiger partial charge in [0, 0.05) is 6.54 Å². The summed E-state index contributed by atoms with van der Waals surface area (Å²) in [6.45, 7) is 7.32. The highest BCUT2D eigenvalue weighted by molar-refractivity contribution is 5.76. The topological polar surface area (TPSA) is 50.1 Å². The van der Waals surface area contributed by atoms with E-state index in [0.717, 1.165) is 35.4 Å². The van der Waals surface area contributed by atoms with E-state index in [0.29, 0.717) is 0 Å². The Morgan fingerprint density at radius 2 is 1.80 bits per heavy atom. The van der Waals surface area contributed by atoms with Crippen LogP contribution >= 0.6 is 0 Å². The van der Waals surface area contributed by atoms with Crippen molar-refractivity contribution in [1.29, 1.82) is 0 Å². The lowest BCUT2D eigenvalue weighted by molar-refractivity contribution is 0.233. The third kappa shape index (κ3) is 3.60. The largest absolute Gasteiger partial charge is 0.394 e. The predicted molar refractivity (Wildman–Crippen MR) is 103 cm³/mol. The Morgan fingerprint density at radius 1 is 1.08 bits per heavy atom. The van der Waals surface area contributed by atoms with Crippen LogP contribution < -0.4 is 5.32 Å². The van der Waals surface area contributed by atoms with Crippen LogP contribution in [0.15, 0.2) is 48.5 Å². The smallest absolute Gasteiger partial charge is 0.126 e. The van der Waals surface area contributed by atoms with Gasteiger partial charge in [-0.25, -0.2) is 4.98 Å². The number of benzene rings is 2. The summed E-state index contributed by atoms with van der Waals surface area (Å²) < 4.78 is 2.24. The molecule has 3 rings (SSSR count). The highest BCUT2D eigenvalue weighted by Crippen LogP contribution is 2.23. The van der Waals surface area contributed by atoms with Crippen molar-refractivity contribution >= 4 is 11.0 Å². The summed E-state index contributed by atoms with van der Waals surface area (Å²) in [5.41, 5.74) is 4.58. The van der Waals surface area contributed by atoms with E-state index in [2.05, 4.69) is 61.0 Å². The molecule has 0 saturated carbocycles. The maximum absolute atomic E-state index is 9.88. The molecule has 1 aromatic heterocycles. The van der Waals surface area contributed by atoms with Gasteiger partial charge < -0.3 is 9.67 Å². The van der Waals surface area contributed by atoms with E-state index in [1.165, 1.54) is 5.56 Å². The fourth-order valence-electron chi connectivity index (χ4n) is 3.37. The van der Waals surface area contributed by atoms with Gasteiger partial charge in [-0.15, -0.1) is 0 Å². The molecule has 1 heterocycles. The molecular formula is C21H27N3O. The van der Waals surface area contributed by atoms with Gasteiger partial charge >= 0.3 is 0 Å². The number of aliphatic hydroxyl groups is 1. The molecule has 3 aromatic rings. The Hall–Kier alpha value is -2.17. The van der Waals surface area contributed by atoms with Gasteiger partial charge in [0.2, 0.25) is 0 Å². The molecule has 0 amide bonds. The van der Waals surface area contributed by atoms with Gasteiger partial charge in [0.15, 0.2) is 0 Å². The van der Waals surface area contributed by atoms with Crippen LogP contribution in [0.5, 0.6) is 0 Å². The van der Waals surface area contributed by atoms with Crippen molar-refractivity contribution < 1.29 is 5.11 Å². The second-order valence-electron chi connectivity index (χ2n) is 6.42. The molecule has 0 aliphatic rings. The summed E-state index contributed by atoms with van der Waals surface area (Å²) in [5.74, 6) is 1.01. The second kappa shape index (κ2) is 7.81. The third-order valence-electron chi connectivity index (χ3n) is 4.81. The fraction of sp³-hybridized carbons (Fsp3) is 0.381. The minimum atomic E-state index is -0.106. The first-order valence-electron chi connectivity index (χ1n) is 9.08. The highest BCUT2D eigenvalue weighted by Gasteiger charge is 2.19. The molecule has 0 fully saturated rings. The monoisotopic (exact) mass is 337 g/mol. The molecule has 2 unspecified atom stereocenters. The van der Waals surface area contributed by atoms with Crippen LogP contribution in [0.1, 0.15) is 49.8 Å². The van der Waals surface area contributed by atoms with Crippen LogP contribution in [0.4, 0.5) is 0 Å². The Balaban J connectivity index is 1.85. The maximum atomic E-state index is 9.88. The Kier molecular flexibility index (Phi) is 5.51. The second-order valence-corrected chi connectivity index (χ2v) is 6.42. The summed E-state index contributed by atoms with van der Waals surface area (Å²) in [4.78, 5) is 4.81. The van der Waals surface area contributed by atoms with Crippen LogP contribution in [-0.4, -0.2) is 21.3 Å². The van der Waals surface area contributed by atoms with Gasteiger partial charge in [0.25, 0.3) is 0 Å². The first kappa shape index (κ1) is 17.6. The first-order chi connectivity index (χ1) is 12.2. The van der Waals surface area contributed by atoms with Crippen molar-refractivity contribution in [2.24, 2.45) is 0 Å². The Morgan fingerprint density at radius 3 is 2.44 bits per heavy atom. The van der Waals surface area contributed by atoms with E-state index in [1.807, 2.05) is 18.2 Å². The molecule has 0 aliphatic heterocycles. The normalized spacial score (nSPS) is 13.9. The molecule has 0 aliphatic carbocycles. The number of aromatic nitrogens is 2. The molecule has 0 saturated heterocycles. The number of hydrogen-bond acceptors (Lipinski definition) is 3. The number of aryl methyl sites for hydroxylation is 2. The summed E-state index contributed by atoms with van der Waals surface area (Å²) in [5, 5.41) is 13.4. The van der Waals surface area contributed by atoms with Crippen molar-refractivity contribution in [3.63, 3.8) is 0 Å². The van der Waals surface area contributed by atoms with Crippen molar-refractivity contribution in [2.45, 2.75) is 45.8 Å². The maximum Gasteiger partial charge on any atom is 0.126 e. The lowest BCUT2D eigenvalue weighted by Gasteiger charge is -2.22. The Labute approximate surface area is 149 Å². The number of nitrogens with zero attached hydrogens (tertiary/aromatic N) is 2. The van der Waals surface area contributed by atoms with Crippen molar-refractivity contribution in [3.8, 4) is 0 Å². The minimum Gasteiger partial charge on any atom is -0.394 e. The fourth-order valence-corrected chi connectivity index (χ4v) is 3.37. The molecule has 132 valence electrons. The number of para-hydroxylation sites is 2. The molecule has 4 nitrogen and oxygen atoms in total. The molecule has 0 radical (unpaired) electrons. The van der Waals surface area contributed by atoms with Gasteiger partial charge in [0.1, 0.15) is 5.82 Å². The highest BCUT2D eigenvalue weighted by atomic mass is 16.3. The van der Waals surface area contributed by atoms with E-state index < -0.39 is 0 Å². The van der Waals surface area contributed by atoms with Crippen molar-refractivity contribution in [1.82, 2.24) is 14.9 Å². The van der Waals surface area contributed by atoms with Crippen LogP contribution in [0.25, 0.3) is 11.0 Å². The molecule has 25 heavy (non-hydrogen) atoms. The lowest BCUT2D eigenvalue weighted by Crippen LogP contribution is -2.29. The lowest BCUT2D eigenvalue weighted by atomic mass is 10.0. The van der Waals surface area contributed by atoms with Crippen LogP contribution in [0, 0.1) is 0 Å². The van der Waals surface area contributed by atoms with Crippen molar-refractivity contribution in [2.75, 3.05) is 6.61 Å². The summed E-state index contributed by atoms with van der Waals surface area (Å²) in [7, 11) is 0. The van der Waals surface area contributed by atoms with Gasteiger partial charge in [-0.1, -0.05) is 43.3 Å². The summed E-state index contributed by atoms with van der Waals surface area (Å²) in [6, 6.07) is 16.6. The SMILES string of the molecule is CCc1ccc(C(CO)NC(C)c2nc3ccccc3n2CC)cc1. The van der Waals surface area contributed by atoms with E-state index in [4.69, 9.17) is 4.98 Å². The van der Waals surface area contributed by atoms with E-state index in [1.54, 1.807) is 0 Å². The van der Waals surface area contributed by atoms with Gasteiger partial charge in [-0.05, 0) is 43.5 Å². The van der Waals surface area contributed by atoms with Gasteiger partial charge in [0.05, 0.1) is 29.7 Å². The molecule has 0 spiro atoms. The number of hydrogen-bond donors (Lipinski definition) is 2. The molecule has 2 N–H and O–H groups in total. The number of nitrogens with one attached hydrogen (secondary N) is 1. The number of rotatable bonds is 7. The van der Waals surface area contributed by atoms with E-state index in [-0.39, 0.29) is 18.7 Å². The predicted octanol–water partition coefficient (Wildman–Crippen LogP) is 4.00. The quantitative estimate of drug-likeness (QED) is 0.685. The average molecular weight is 337 g/mol. The average Bonchev–Trinajstić information content (AvgIpc) is 3.05. The van der Waals surface area contributed by atoms with Gasteiger partial charge in [-0.2, -0.15) is 0 Å².